The summed E-state index contributed by atoms with van der Waals surface area (Å²) < 4.78 is 5.93. The number of benzene rings is 3. The van der Waals surface area contributed by atoms with Crippen LogP contribution < -0.4 is 10.1 Å². The number of ether oxygens (including phenoxy) is 1. The van der Waals surface area contributed by atoms with Gasteiger partial charge in [-0.15, -0.1) is 0 Å². The van der Waals surface area contributed by atoms with Gasteiger partial charge in [0.2, 0.25) is 0 Å². The number of carboxylic acids is 1. The average Bonchev–Trinajstić information content (AvgIpc) is 3.16. The van der Waals surface area contributed by atoms with Crippen molar-refractivity contribution in [2.75, 3.05) is 11.9 Å². The molecule has 0 bridgehead atoms. The third kappa shape index (κ3) is 6.44. The van der Waals surface area contributed by atoms with Crippen LogP contribution in [-0.2, 0) is 20.8 Å². The zero-order chi connectivity index (χ0) is 26.4. The molecular weight excluding hydrogens is 508 g/mol. The van der Waals surface area contributed by atoms with Gasteiger partial charge in [0.25, 0.3) is 11.8 Å². The molecule has 0 saturated carbocycles. The van der Waals surface area contributed by atoms with E-state index in [1.807, 2.05) is 61.5 Å². The number of aliphatic carboxylic acids is 1. The number of thiocarbonyl (C=S) groups is 1. The topological polar surface area (TPSA) is 95.9 Å². The summed E-state index contributed by atoms with van der Waals surface area (Å²) in [6.07, 6.45) is 1.74. The number of carbonyl (C=O) groups is 3. The first kappa shape index (κ1) is 26.1. The van der Waals surface area contributed by atoms with Crippen molar-refractivity contribution in [1.82, 2.24) is 4.90 Å². The molecule has 37 heavy (non-hydrogen) atoms. The molecule has 0 aliphatic carbocycles. The molecule has 1 fully saturated rings. The zero-order valence-corrected chi connectivity index (χ0v) is 21.6. The van der Waals surface area contributed by atoms with Crippen molar-refractivity contribution in [3.05, 3.63) is 100 Å². The van der Waals surface area contributed by atoms with Crippen molar-refractivity contribution in [3.8, 4) is 5.75 Å². The van der Waals surface area contributed by atoms with E-state index < -0.39 is 17.9 Å². The number of rotatable bonds is 9. The predicted octanol–water partition coefficient (Wildman–Crippen LogP) is 4.91. The first-order valence-corrected chi connectivity index (χ1v) is 12.7. The number of aryl methyl sites for hydroxylation is 1. The lowest BCUT2D eigenvalue weighted by Gasteiger charge is -2.23. The molecule has 188 valence electrons. The van der Waals surface area contributed by atoms with Crippen LogP contribution in [0.5, 0.6) is 5.75 Å². The fourth-order valence-corrected chi connectivity index (χ4v) is 5.14. The van der Waals surface area contributed by atoms with Gasteiger partial charge in [-0.1, -0.05) is 90.7 Å². The SMILES string of the molecule is Cc1ccccc1NC(=O)COc1ccccc1/C=C1\SC(=S)N(C(Cc2ccccc2)C(=O)O)C1=O. The maximum absolute atomic E-state index is 13.2. The molecule has 1 atom stereocenters. The fraction of sp³-hybridized carbons (Fsp3) is 0.143. The quantitative estimate of drug-likeness (QED) is 0.299. The number of carbonyl (C=O) groups excluding carboxylic acids is 2. The van der Waals surface area contributed by atoms with Crippen LogP contribution in [0.4, 0.5) is 5.69 Å². The Morgan fingerprint density at radius 3 is 2.46 bits per heavy atom. The summed E-state index contributed by atoms with van der Waals surface area (Å²) in [5.74, 6) is -1.53. The zero-order valence-electron chi connectivity index (χ0n) is 19.9. The molecule has 1 aliphatic rings. The average molecular weight is 533 g/mol. The highest BCUT2D eigenvalue weighted by Crippen LogP contribution is 2.36. The van der Waals surface area contributed by atoms with E-state index in [0.29, 0.717) is 17.0 Å². The van der Waals surface area contributed by atoms with Gasteiger partial charge in [0.15, 0.2) is 6.61 Å². The summed E-state index contributed by atoms with van der Waals surface area (Å²) in [6, 6.07) is 22.4. The smallest absolute Gasteiger partial charge is 0.327 e. The molecule has 2 N–H and O–H groups in total. The van der Waals surface area contributed by atoms with Crippen LogP contribution >= 0.6 is 24.0 Å². The molecule has 4 rings (SSSR count). The van der Waals surface area contributed by atoms with Gasteiger partial charge in [0, 0.05) is 17.7 Å². The van der Waals surface area contributed by atoms with Gasteiger partial charge >= 0.3 is 5.97 Å². The van der Waals surface area contributed by atoms with Crippen LogP contribution in [0, 0.1) is 6.92 Å². The molecule has 1 saturated heterocycles. The second kappa shape index (κ2) is 11.9. The van der Waals surface area contributed by atoms with Gasteiger partial charge in [-0.25, -0.2) is 4.79 Å². The van der Waals surface area contributed by atoms with E-state index >= 15 is 0 Å². The van der Waals surface area contributed by atoms with Gasteiger partial charge in [-0.05, 0) is 36.3 Å². The van der Waals surface area contributed by atoms with Gasteiger partial charge < -0.3 is 15.2 Å². The Labute approximate surface area is 224 Å². The first-order valence-electron chi connectivity index (χ1n) is 11.4. The molecule has 0 spiro atoms. The number of carboxylic acid groups (broad SMARTS) is 1. The highest BCUT2D eigenvalue weighted by atomic mass is 32.2. The molecule has 3 aromatic carbocycles. The fourth-order valence-electron chi connectivity index (χ4n) is 3.79. The van der Waals surface area contributed by atoms with Crippen LogP contribution in [0.2, 0.25) is 0 Å². The lowest BCUT2D eigenvalue weighted by atomic mass is 10.0. The van der Waals surface area contributed by atoms with Crippen molar-refractivity contribution in [2.24, 2.45) is 0 Å². The van der Waals surface area contributed by atoms with Crippen LogP contribution in [0.1, 0.15) is 16.7 Å². The van der Waals surface area contributed by atoms with Gasteiger partial charge in [-0.2, -0.15) is 0 Å². The van der Waals surface area contributed by atoms with E-state index in [4.69, 9.17) is 17.0 Å². The van der Waals surface area contributed by atoms with Crippen molar-refractivity contribution in [2.45, 2.75) is 19.4 Å². The van der Waals surface area contributed by atoms with Crippen LogP contribution in [0.25, 0.3) is 6.08 Å². The number of para-hydroxylation sites is 2. The van der Waals surface area contributed by atoms with Crippen LogP contribution in [0.3, 0.4) is 0 Å². The van der Waals surface area contributed by atoms with Crippen LogP contribution in [0.15, 0.2) is 83.8 Å². The lowest BCUT2D eigenvalue weighted by Crippen LogP contribution is -2.45. The first-order chi connectivity index (χ1) is 17.8. The Morgan fingerprint density at radius 2 is 1.73 bits per heavy atom. The largest absolute Gasteiger partial charge is 0.483 e. The maximum atomic E-state index is 13.2. The minimum absolute atomic E-state index is 0.131. The summed E-state index contributed by atoms with van der Waals surface area (Å²) in [7, 11) is 0. The lowest BCUT2D eigenvalue weighted by molar-refractivity contribution is -0.145. The number of anilines is 1. The molecule has 7 nitrogen and oxygen atoms in total. The minimum Gasteiger partial charge on any atom is -0.483 e. The van der Waals surface area contributed by atoms with E-state index in [0.717, 1.165) is 27.8 Å². The second-order valence-electron chi connectivity index (χ2n) is 8.29. The molecule has 0 radical (unpaired) electrons. The monoisotopic (exact) mass is 532 g/mol. The predicted molar refractivity (Wildman–Crippen MR) is 148 cm³/mol. The molecule has 9 heteroatoms. The molecule has 0 aromatic heterocycles. The van der Waals surface area contributed by atoms with Crippen molar-refractivity contribution >= 4 is 57.8 Å². The Kier molecular flexibility index (Phi) is 8.37. The normalized spacial score (nSPS) is 15.1. The van der Waals surface area contributed by atoms with E-state index in [9.17, 15) is 19.5 Å². The third-order valence-electron chi connectivity index (χ3n) is 5.68. The number of hydrogen-bond acceptors (Lipinski definition) is 6. The summed E-state index contributed by atoms with van der Waals surface area (Å²) >= 11 is 6.43. The Morgan fingerprint density at radius 1 is 1.05 bits per heavy atom. The van der Waals surface area contributed by atoms with Crippen molar-refractivity contribution in [1.29, 1.82) is 0 Å². The summed E-state index contributed by atoms with van der Waals surface area (Å²) in [5.41, 5.74) is 3.00. The highest BCUT2D eigenvalue weighted by Gasteiger charge is 2.40. The van der Waals surface area contributed by atoms with Gasteiger partial charge in [-0.3, -0.25) is 14.5 Å². The summed E-state index contributed by atoms with van der Waals surface area (Å²) in [4.78, 5) is 39.2. The summed E-state index contributed by atoms with van der Waals surface area (Å²) in [6.45, 7) is 1.68. The minimum atomic E-state index is -1.13. The molecule has 1 heterocycles. The number of nitrogens with one attached hydrogen (secondary N) is 1. The molecule has 2 amide bonds. The Balaban J connectivity index is 1.49. The Hall–Kier alpha value is -3.95. The van der Waals surface area contributed by atoms with E-state index in [1.165, 1.54) is 0 Å². The van der Waals surface area contributed by atoms with E-state index in [2.05, 4.69) is 5.32 Å². The number of amides is 2. The maximum Gasteiger partial charge on any atom is 0.327 e. The molecule has 1 unspecified atom stereocenters. The highest BCUT2D eigenvalue weighted by molar-refractivity contribution is 8.26. The van der Waals surface area contributed by atoms with E-state index in [1.54, 1.807) is 30.3 Å². The standard InChI is InChI=1S/C28H24N2O5S2/c1-18-9-5-7-13-21(18)29-25(31)17-35-23-14-8-6-12-20(23)16-24-26(32)30(28(36)37-24)22(27(33)34)15-19-10-3-2-4-11-19/h2-14,16,22H,15,17H2,1H3,(H,29,31)(H,33,34)/b24-16-. The number of nitrogens with zero attached hydrogens (tertiary/aromatic N) is 1. The molecule has 3 aromatic rings. The van der Waals surface area contributed by atoms with Gasteiger partial charge in [0.1, 0.15) is 16.1 Å². The molecule has 1 aliphatic heterocycles. The van der Waals surface area contributed by atoms with Gasteiger partial charge in [0.05, 0.1) is 4.91 Å². The Bertz CT molecular complexity index is 1370. The van der Waals surface area contributed by atoms with E-state index in [-0.39, 0.29) is 28.2 Å². The third-order valence-corrected chi connectivity index (χ3v) is 7.01. The van der Waals surface area contributed by atoms with Crippen LogP contribution in [-0.4, -0.2) is 44.8 Å². The number of hydrogen-bond donors (Lipinski definition) is 2. The second-order valence-corrected chi connectivity index (χ2v) is 9.96. The van der Waals surface area contributed by atoms with Crippen molar-refractivity contribution in [3.63, 3.8) is 0 Å². The molecular formula is C28H24N2O5S2. The summed E-state index contributed by atoms with van der Waals surface area (Å²) in [5, 5.41) is 12.7. The van der Waals surface area contributed by atoms with Crippen molar-refractivity contribution < 1.29 is 24.2 Å². The number of thioether (sulfide) groups is 1.